The molecule has 186 valence electrons. The Morgan fingerprint density at radius 3 is 1.65 bits per heavy atom. The fourth-order valence-corrected chi connectivity index (χ4v) is 4.16. The Bertz CT molecular complexity index is 822. The molecule has 0 aliphatic rings. The van der Waals surface area contributed by atoms with Crippen LogP contribution in [0.1, 0.15) is 109 Å². The van der Waals surface area contributed by atoms with Crippen LogP contribution >= 0.6 is 0 Å². The lowest BCUT2D eigenvalue weighted by Crippen LogP contribution is -1.99. The lowest BCUT2D eigenvalue weighted by Gasteiger charge is -2.11. The van der Waals surface area contributed by atoms with Crippen molar-refractivity contribution in [3.63, 3.8) is 0 Å². The summed E-state index contributed by atoms with van der Waals surface area (Å²) < 4.78 is 11.8. The van der Waals surface area contributed by atoms with Gasteiger partial charge in [0.1, 0.15) is 17.6 Å². The first-order chi connectivity index (χ1) is 16.8. The zero-order valence-electron chi connectivity index (χ0n) is 21.6. The van der Waals surface area contributed by atoms with Gasteiger partial charge in [0.15, 0.2) is 0 Å². The molecule has 0 amide bonds. The summed E-state index contributed by atoms with van der Waals surface area (Å²) in [6, 6.07) is 16.4. The van der Waals surface area contributed by atoms with Crippen LogP contribution < -0.4 is 9.47 Å². The summed E-state index contributed by atoms with van der Waals surface area (Å²) in [6.07, 6.45) is 17.8. The quantitative estimate of drug-likeness (QED) is 0.195. The van der Waals surface area contributed by atoms with Crippen LogP contribution in [0.5, 0.6) is 11.5 Å². The van der Waals surface area contributed by atoms with E-state index in [1.165, 1.54) is 77.0 Å². The van der Waals surface area contributed by atoms with Crippen LogP contribution in [0.2, 0.25) is 0 Å². The van der Waals surface area contributed by atoms with E-state index in [1.54, 1.807) is 0 Å². The molecule has 0 atom stereocenters. The summed E-state index contributed by atoms with van der Waals surface area (Å²) in [6.45, 7) is 5.94. The second kappa shape index (κ2) is 17.9. The van der Waals surface area contributed by atoms with E-state index >= 15 is 0 Å². The van der Waals surface area contributed by atoms with E-state index in [-0.39, 0.29) is 0 Å². The van der Waals surface area contributed by atoms with Crippen LogP contribution in [0.3, 0.4) is 0 Å². The molecule has 0 N–H and O–H groups in total. The minimum absolute atomic E-state index is 0.596. The minimum Gasteiger partial charge on any atom is -0.494 e. The van der Waals surface area contributed by atoms with Gasteiger partial charge >= 0.3 is 0 Å². The maximum absolute atomic E-state index is 9.60. The summed E-state index contributed by atoms with van der Waals surface area (Å²) in [5, 5.41) is 9.60. The average molecular weight is 464 g/mol. The third kappa shape index (κ3) is 11.1. The van der Waals surface area contributed by atoms with Gasteiger partial charge in [0.05, 0.1) is 18.8 Å². The maximum atomic E-state index is 9.60. The number of rotatable bonds is 19. The number of nitrogens with zero attached hydrogens (tertiary/aromatic N) is 1. The van der Waals surface area contributed by atoms with Crippen molar-refractivity contribution in [2.24, 2.45) is 0 Å². The Morgan fingerprint density at radius 2 is 1.09 bits per heavy atom. The SMILES string of the molecule is CCCCCCCCCCOc1ccc(-c2ccc(OCCCCCCCC)c(C#N)c2)cc1. The Hall–Kier alpha value is -2.47. The Balaban J connectivity index is 1.73. The predicted octanol–water partition coefficient (Wildman–Crippen LogP) is 9.48. The summed E-state index contributed by atoms with van der Waals surface area (Å²) in [4.78, 5) is 0. The first-order valence-corrected chi connectivity index (χ1v) is 13.7. The lowest BCUT2D eigenvalue weighted by atomic mass is 10.0. The number of unbranched alkanes of at least 4 members (excludes halogenated alkanes) is 12. The van der Waals surface area contributed by atoms with Gasteiger partial charge in [0, 0.05) is 0 Å². The number of hydrogen-bond acceptors (Lipinski definition) is 3. The predicted molar refractivity (Wildman–Crippen MR) is 144 cm³/mol. The molecule has 3 heteroatoms. The molecule has 2 rings (SSSR count). The van der Waals surface area contributed by atoms with E-state index in [4.69, 9.17) is 9.47 Å². The molecule has 0 aliphatic carbocycles. The summed E-state index contributed by atoms with van der Waals surface area (Å²) in [5.41, 5.74) is 2.70. The maximum Gasteiger partial charge on any atom is 0.137 e. The zero-order valence-corrected chi connectivity index (χ0v) is 21.6. The zero-order chi connectivity index (χ0) is 24.3. The molecule has 0 saturated carbocycles. The largest absolute Gasteiger partial charge is 0.494 e. The second-order valence-electron chi connectivity index (χ2n) is 9.29. The highest BCUT2D eigenvalue weighted by molar-refractivity contribution is 5.67. The van der Waals surface area contributed by atoms with Crippen molar-refractivity contribution in [2.75, 3.05) is 13.2 Å². The van der Waals surface area contributed by atoms with Gasteiger partial charge in [0.2, 0.25) is 0 Å². The standard InChI is InChI=1S/C31H45NO2/c1-3-5-7-9-11-12-14-15-23-33-30-20-17-27(18-21-30)28-19-22-31(29(25-28)26-32)34-24-16-13-10-8-6-4-2/h17-22,25H,3-16,23-24H2,1-2H3. The molecule has 0 spiro atoms. The third-order valence-electron chi connectivity index (χ3n) is 6.31. The molecule has 0 saturated heterocycles. The van der Waals surface area contributed by atoms with Gasteiger partial charge in [-0.05, 0) is 48.2 Å². The number of hydrogen-bond donors (Lipinski definition) is 0. The van der Waals surface area contributed by atoms with Gasteiger partial charge < -0.3 is 9.47 Å². The topological polar surface area (TPSA) is 42.2 Å². The van der Waals surface area contributed by atoms with Gasteiger partial charge in [-0.15, -0.1) is 0 Å². The molecule has 0 fully saturated rings. The van der Waals surface area contributed by atoms with E-state index in [0.717, 1.165) is 36.3 Å². The van der Waals surface area contributed by atoms with Crippen molar-refractivity contribution in [1.29, 1.82) is 5.26 Å². The van der Waals surface area contributed by atoms with Gasteiger partial charge in [0.25, 0.3) is 0 Å². The minimum atomic E-state index is 0.596. The van der Waals surface area contributed by atoms with Crippen molar-refractivity contribution in [2.45, 2.75) is 104 Å². The molecule has 3 nitrogen and oxygen atoms in total. The van der Waals surface area contributed by atoms with Gasteiger partial charge in [-0.3, -0.25) is 0 Å². The second-order valence-corrected chi connectivity index (χ2v) is 9.29. The number of benzene rings is 2. The van der Waals surface area contributed by atoms with Crippen LogP contribution in [0.25, 0.3) is 11.1 Å². The van der Waals surface area contributed by atoms with Crippen molar-refractivity contribution >= 4 is 0 Å². The highest BCUT2D eigenvalue weighted by atomic mass is 16.5. The number of nitriles is 1. The molecular weight excluding hydrogens is 418 g/mol. The van der Waals surface area contributed by atoms with Crippen LogP contribution in [0.4, 0.5) is 0 Å². The van der Waals surface area contributed by atoms with Crippen LogP contribution in [-0.4, -0.2) is 13.2 Å². The van der Waals surface area contributed by atoms with E-state index in [0.29, 0.717) is 17.9 Å². The van der Waals surface area contributed by atoms with Gasteiger partial charge in [-0.1, -0.05) is 109 Å². The van der Waals surface area contributed by atoms with Crippen LogP contribution in [0, 0.1) is 11.3 Å². The van der Waals surface area contributed by atoms with E-state index in [2.05, 4.69) is 32.0 Å². The van der Waals surface area contributed by atoms with Crippen molar-refractivity contribution in [1.82, 2.24) is 0 Å². The molecule has 2 aromatic carbocycles. The molecule has 0 bridgehead atoms. The fraction of sp³-hybridized carbons (Fsp3) is 0.581. The molecule has 0 aromatic heterocycles. The van der Waals surface area contributed by atoms with Crippen LogP contribution in [0.15, 0.2) is 42.5 Å². The molecular formula is C31H45NO2. The first-order valence-electron chi connectivity index (χ1n) is 13.7. The normalized spacial score (nSPS) is 10.7. The summed E-state index contributed by atoms with van der Waals surface area (Å²) in [5.74, 6) is 1.59. The third-order valence-corrected chi connectivity index (χ3v) is 6.31. The van der Waals surface area contributed by atoms with Crippen LogP contribution in [-0.2, 0) is 0 Å². The smallest absolute Gasteiger partial charge is 0.137 e. The van der Waals surface area contributed by atoms with E-state index in [1.807, 2.05) is 30.3 Å². The fourth-order valence-electron chi connectivity index (χ4n) is 4.16. The highest BCUT2D eigenvalue weighted by Crippen LogP contribution is 2.28. The van der Waals surface area contributed by atoms with Crippen molar-refractivity contribution in [3.05, 3.63) is 48.0 Å². The number of ether oxygens (including phenoxy) is 2. The van der Waals surface area contributed by atoms with Gasteiger partial charge in [-0.2, -0.15) is 5.26 Å². The molecule has 0 aliphatic heterocycles. The summed E-state index contributed by atoms with van der Waals surface area (Å²) >= 11 is 0. The molecule has 0 radical (unpaired) electrons. The average Bonchev–Trinajstić information content (AvgIpc) is 2.87. The lowest BCUT2D eigenvalue weighted by molar-refractivity contribution is 0.303. The monoisotopic (exact) mass is 463 g/mol. The Labute approximate surface area is 208 Å². The van der Waals surface area contributed by atoms with Gasteiger partial charge in [-0.25, -0.2) is 0 Å². The van der Waals surface area contributed by atoms with Crippen molar-refractivity contribution < 1.29 is 9.47 Å². The van der Waals surface area contributed by atoms with E-state index < -0.39 is 0 Å². The molecule has 34 heavy (non-hydrogen) atoms. The molecule has 2 aromatic rings. The Kier molecular flexibility index (Phi) is 14.6. The first kappa shape index (κ1) is 27.8. The van der Waals surface area contributed by atoms with E-state index in [9.17, 15) is 5.26 Å². The highest BCUT2D eigenvalue weighted by Gasteiger charge is 2.07. The van der Waals surface area contributed by atoms with Crippen molar-refractivity contribution in [3.8, 4) is 28.7 Å². The molecule has 0 heterocycles. The molecule has 0 unspecified atom stereocenters. The Morgan fingerprint density at radius 1 is 0.588 bits per heavy atom. The summed E-state index contributed by atoms with van der Waals surface area (Å²) in [7, 11) is 0.